The highest BCUT2D eigenvalue weighted by atomic mass is 32.2. The van der Waals surface area contributed by atoms with Gasteiger partial charge in [0.25, 0.3) is 0 Å². The summed E-state index contributed by atoms with van der Waals surface area (Å²) in [4.78, 5) is 19.4. The second-order valence-electron chi connectivity index (χ2n) is 5.40. The van der Waals surface area contributed by atoms with Crippen LogP contribution in [-0.4, -0.2) is 39.6 Å². The molecule has 1 aliphatic carbocycles. The first-order valence-electron chi connectivity index (χ1n) is 6.67. The number of thiazole rings is 1. The van der Waals surface area contributed by atoms with Crippen LogP contribution < -0.4 is 4.90 Å². The lowest BCUT2D eigenvalue weighted by Crippen LogP contribution is -2.40. The predicted molar refractivity (Wildman–Crippen MR) is 79.5 cm³/mol. The maximum Gasteiger partial charge on any atom is 0.312 e. The molecule has 0 aromatic carbocycles. The number of aliphatic carboxylic acids is 1. The zero-order valence-electron chi connectivity index (χ0n) is 11.1. The Morgan fingerprint density at radius 2 is 2.05 bits per heavy atom. The molecule has 0 bridgehead atoms. The summed E-state index contributed by atoms with van der Waals surface area (Å²) in [5.41, 5.74) is 0.825. The topological polar surface area (TPSA) is 53.4 Å². The van der Waals surface area contributed by atoms with E-state index in [0.29, 0.717) is 16.9 Å². The van der Waals surface area contributed by atoms with Gasteiger partial charge in [0.1, 0.15) is 5.92 Å². The van der Waals surface area contributed by atoms with Crippen LogP contribution >= 0.6 is 23.1 Å². The molecule has 0 radical (unpaired) electrons. The molecular weight excluding hydrogens is 280 g/mol. The van der Waals surface area contributed by atoms with Gasteiger partial charge in [0.2, 0.25) is 0 Å². The Morgan fingerprint density at radius 1 is 1.37 bits per heavy atom. The summed E-state index contributed by atoms with van der Waals surface area (Å²) in [7, 11) is 0. The van der Waals surface area contributed by atoms with E-state index in [4.69, 9.17) is 0 Å². The molecule has 0 spiro atoms. The summed E-state index contributed by atoms with van der Waals surface area (Å²) in [5.74, 6) is -1.11. The molecule has 19 heavy (non-hydrogen) atoms. The molecule has 4 nitrogen and oxygen atoms in total. The summed E-state index contributed by atoms with van der Waals surface area (Å²) in [6.45, 7) is 6.52. The number of aryl methyl sites for hydroxylation is 1. The van der Waals surface area contributed by atoms with Crippen molar-refractivity contribution in [2.24, 2.45) is 0 Å². The Hall–Kier alpha value is -0.750. The van der Waals surface area contributed by atoms with Crippen molar-refractivity contribution in [1.82, 2.24) is 4.98 Å². The van der Waals surface area contributed by atoms with E-state index in [0.717, 1.165) is 30.3 Å². The number of thioether (sulfide) groups is 1. The van der Waals surface area contributed by atoms with E-state index in [1.807, 2.05) is 11.8 Å². The molecule has 6 heteroatoms. The number of carboxylic acids is 1. The summed E-state index contributed by atoms with van der Waals surface area (Å²) in [6, 6.07) is 0. The summed E-state index contributed by atoms with van der Waals surface area (Å²) >= 11 is 3.71. The van der Waals surface area contributed by atoms with Crippen molar-refractivity contribution in [3.05, 3.63) is 10.6 Å². The fourth-order valence-electron chi connectivity index (χ4n) is 2.92. The van der Waals surface area contributed by atoms with Gasteiger partial charge in [-0.05, 0) is 12.8 Å². The first-order chi connectivity index (χ1) is 9.04. The summed E-state index contributed by atoms with van der Waals surface area (Å²) in [6.07, 6.45) is 1.59. The number of aromatic nitrogens is 1. The molecule has 3 rings (SSSR count). The SMILES string of the molecule is CC1CN(c2nc3c(s2)CCC3C(=O)O)CC(C)S1. The smallest absolute Gasteiger partial charge is 0.312 e. The van der Waals surface area contributed by atoms with Gasteiger partial charge in [0.05, 0.1) is 5.69 Å². The van der Waals surface area contributed by atoms with Crippen LogP contribution in [0.1, 0.15) is 36.8 Å². The van der Waals surface area contributed by atoms with Crippen molar-refractivity contribution in [3.63, 3.8) is 0 Å². The molecule has 1 aromatic rings. The Morgan fingerprint density at radius 3 is 2.68 bits per heavy atom. The van der Waals surface area contributed by atoms with Gasteiger partial charge in [-0.2, -0.15) is 11.8 Å². The highest BCUT2D eigenvalue weighted by Gasteiger charge is 2.34. The number of fused-ring (bicyclic) bond motifs is 1. The molecule has 1 aromatic heterocycles. The molecule has 3 unspecified atom stereocenters. The van der Waals surface area contributed by atoms with Crippen LogP contribution in [0.5, 0.6) is 0 Å². The zero-order chi connectivity index (χ0) is 13.6. The fraction of sp³-hybridized carbons (Fsp3) is 0.692. The number of nitrogens with zero attached hydrogens (tertiary/aromatic N) is 2. The van der Waals surface area contributed by atoms with Crippen LogP contribution in [0.25, 0.3) is 0 Å². The molecule has 2 heterocycles. The first-order valence-corrected chi connectivity index (χ1v) is 8.43. The van der Waals surface area contributed by atoms with Crippen LogP contribution in [0, 0.1) is 0 Å². The van der Waals surface area contributed by atoms with Gasteiger partial charge < -0.3 is 10.0 Å². The third-order valence-corrected chi connectivity index (χ3v) is 6.11. The van der Waals surface area contributed by atoms with Crippen LogP contribution in [0.15, 0.2) is 0 Å². The molecule has 0 saturated carbocycles. The largest absolute Gasteiger partial charge is 0.481 e. The lowest BCUT2D eigenvalue weighted by Gasteiger charge is -2.34. The van der Waals surface area contributed by atoms with E-state index in [1.54, 1.807) is 11.3 Å². The quantitative estimate of drug-likeness (QED) is 0.909. The number of rotatable bonds is 2. The van der Waals surface area contributed by atoms with Crippen molar-refractivity contribution in [1.29, 1.82) is 0 Å². The van der Waals surface area contributed by atoms with E-state index < -0.39 is 5.97 Å². The highest BCUT2D eigenvalue weighted by Crippen LogP contribution is 2.40. The lowest BCUT2D eigenvalue weighted by atomic mass is 10.1. The minimum atomic E-state index is -0.730. The van der Waals surface area contributed by atoms with Crippen LogP contribution in [0.3, 0.4) is 0 Å². The first kappa shape index (κ1) is 13.2. The second-order valence-corrected chi connectivity index (χ2v) is 8.34. The lowest BCUT2D eigenvalue weighted by molar-refractivity contribution is -0.138. The number of carboxylic acid groups (broad SMARTS) is 1. The highest BCUT2D eigenvalue weighted by molar-refractivity contribution is 8.00. The van der Waals surface area contributed by atoms with Gasteiger partial charge in [-0.1, -0.05) is 13.8 Å². The fourth-order valence-corrected chi connectivity index (χ4v) is 5.40. The summed E-state index contributed by atoms with van der Waals surface area (Å²) < 4.78 is 0. The molecular formula is C13H18N2O2S2. The van der Waals surface area contributed by atoms with E-state index in [1.165, 1.54) is 4.88 Å². The minimum absolute atomic E-state index is 0.381. The predicted octanol–water partition coefficient (Wildman–Crippen LogP) is 2.59. The van der Waals surface area contributed by atoms with Crippen LogP contribution in [0.2, 0.25) is 0 Å². The van der Waals surface area contributed by atoms with Crippen LogP contribution in [-0.2, 0) is 11.2 Å². The molecule has 1 fully saturated rings. The van der Waals surface area contributed by atoms with Crippen molar-refractivity contribution in [3.8, 4) is 0 Å². The van der Waals surface area contributed by atoms with E-state index in [-0.39, 0.29) is 5.92 Å². The third-order valence-electron chi connectivity index (χ3n) is 3.69. The Bertz CT molecular complexity index is 493. The molecule has 0 amide bonds. The van der Waals surface area contributed by atoms with Crippen molar-refractivity contribution < 1.29 is 9.90 Å². The van der Waals surface area contributed by atoms with Crippen molar-refractivity contribution in [2.45, 2.75) is 43.1 Å². The van der Waals surface area contributed by atoms with Gasteiger partial charge in [-0.25, -0.2) is 4.98 Å². The molecule has 1 aliphatic heterocycles. The maximum absolute atomic E-state index is 11.2. The van der Waals surface area contributed by atoms with E-state index in [9.17, 15) is 9.90 Å². The van der Waals surface area contributed by atoms with Crippen LogP contribution in [0.4, 0.5) is 5.13 Å². The average Bonchev–Trinajstić information content (AvgIpc) is 2.85. The Balaban J connectivity index is 1.84. The van der Waals surface area contributed by atoms with Gasteiger partial charge >= 0.3 is 5.97 Å². The zero-order valence-corrected chi connectivity index (χ0v) is 12.8. The van der Waals surface area contributed by atoms with E-state index in [2.05, 4.69) is 23.7 Å². The number of hydrogen-bond donors (Lipinski definition) is 1. The van der Waals surface area contributed by atoms with Gasteiger partial charge in [0, 0.05) is 28.5 Å². The third kappa shape index (κ3) is 2.48. The maximum atomic E-state index is 11.2. The second kappa shape index (κ2) is 4.98. The van der Waals surface area contributed by atoms with E-state index >= 15 is 0 Å². The normalized spacial score (nSPS) is 30.4. The number of carbonyl (C=O) groups is 1. The van der Waals surface area contributed by atoms with Crippen molar-refractivity contribution in [2.75, 3.05) is 18.0 Å². The monoisotopic (exact) mass is 298 g/mol. The minimum Gasteiger partial charge on any atom is -0.481 e. The molecule has 1 saturated heterocycles. The van der Waals surface area contributed by atoms with Gasteiger partial charge in [-0.3, -0.25) is 4.79 Å². The van der Waals surface area contributed by atoms with Gasteiger partial charge in [-0.15, -0.1) is 11.3 Å². The van der Waals surface area contributed by atoms with Crippen molar-refractivity contribution >= 4 is 34.2 Å². The molecule has 2 aliphatic rings. The molecule has 1 N–H and O–H groups in total. The average molecular weight is 298 g/mol. The van der Waals surface area contributed by atoms with Gasteiger partial charge in [0.15, 0.2) is 5.13 Å². The molecule has 104 valence electrons. The standard InChI is InChI=1S/C13H18N2O2S2/c1-7-5-15(6-8(2)18-7)13-14-11-9(12(16)17)3-4-10(11)19-13/h7-9H,3-6H2,1-2H3,(H,16,17). The Labute approximate surface area is 121 Å². The number of hydrogen-bond acceptors (Lipinski definition) is 5. The molecule has 3 atom stereocenters. The summed E-state index contributed by atoms with van der Waals surface area (Å²) in [5, 5.41) is 11.5. The number of anilines is 1. The Kier molecular flexibility index (Phi) is 3.47.